The largest absolute Gasteiger partial charge is 0.355 e. The van der Waals surface area contributed by atoms with Crippen LogP contribution in [0, 0.1) is 5.92 Å². The summed E-state index contributed by atoms with van der Waals surface area (Å²) in [6.45, 7) is 11.6. The van der Waals surface area contributed by atoms with Crippen molar-refractivity contribution in [2.24, 2.45) is 13.0 Å². The first-order valence-electron chi connectivity index (χ1n) is 9.08. The standard InChI is InChI=1S/C20H30N4OS/c1-14(2)11-12-21-17(25)13-26-19-23-22-18(24(19)6)15-7-9-16(10-8-15)20(3,4)5/h7-10,14H,11-13H2,1-6H3,(H,21,25). The molecule has 142 valence electrons. The van der Waals surface area contributed by atoms with E-state index in [-0.39, 0.29) is 11.3 Å². The Hall–Kier alpha value is -1.82. The number of hydrogen-bond donors (Lipinski definition) is 1. The Balaban J connectivity index is 1.98. The number of nitrogens with zero attached hydrogens (tertiary/aromatic N) is 3. The normalized spacial score (nSPS) is 11.8. The second-order valence-corrected chi connectivity index (χ2v) is 8.96. The van der Waals surface area contributed by atoms with Gasteiger partial charge in [-0.3, -0.25) is 4.79 Å². The third kappa shape index (κ3) is 5.59. The van der Waals surface area contributed by atoms with Crippen LogP contribution in [-0.2, 0) is 17.3 Å². The molecule has 26 heavy (non-hydrogen) atoms. The molecule has 6 heteroatoms. The molecule has 0 aliphatic rings. The van der Waals surface area contributed by atoms with E-state index in [0.29, 0.717) is 11.7 Å². The molecule has 1 aromatic carbocycles. The molecular weight excluding hydrogens is 344 g/mol. The third-order valence-corrected chi connectivity index (χ3v) is 5.24. The number of nitrogens with one attached hydrogen (secondary N) is 1. The zero-order valence-corrected chi connectivity index (χ0v) is 17.5. The Labute approximate surface area is 161 Å². The third-order valence-electron chi connectivity index (χ3n) is 4.22. The van der Waals surface area contributed by atoms with Gasteiger partial charge in [-0.05, 0) is 23.3 Å². The summed E-state index contributed by atoms with van der Waals surface area (Å²) in [5.74, 6) is 1.80. The highest BCUT2D eigenvalue weighted by molar-refractivity contribution is 7.99. The van der Waals surface area contributed by atoms with Crippen molar-refractivity contribution >= 4 is 17.7 Å². The number of carbonyl (C=O) groups is 1. The summed E-state index contributed by atoms with van der Waals surface area (Å²) in [6.07, 6.45) is 0.995. The van der Waals surface area contributed by atoms with Gasteiger partial charge in [-0.1, -0.05) is 70.6 Å². The van der Waals surface area contributed by atoms with Gasteiger partial charge in [0.25, 0.3) is 0 Å². The molecular formula is C20H30N4OS. The molecule has 0 saturated carbocycles. The van der Waals surface area contributed by atoms with Crippen LogP contribution in [0.3, 0.4) is 0 Å². The number of thioether (sulfide) groups is 1. The summed E-state index contributed by atoms with van der Waals surface area (Å²) in [4.78, 5) is 11.9. The number of aromatic nitrogens is 3. The van der Waals surface area contributed by atoms with Gasteiger partial charge in [0, 0.05) is 19.2 Å². The predicted molar refractivity (Wildman–Crippen MR) is 108 cm³/mol. The van der Waals surface area contributed by atoms with Crippen LogP contribution in [0.2, 0.25) is 0 Å². The fourth-order valence-corrected chi connectivity index (χ4v) is 3.23. The molecule has 0 saturated heterocycles. The van der Waals surface area contributed by atoms with Crippen molar-refractivity contribution in [1.82, 2.24) is 20.1 Å². The molecule has 0 unspecified atom stereocenters. The van der Waals surface area contributed by atoms with Gasteiger partial charge >= 0.3 is 0 Å². The molecule has 5 nitrogen and oxygen atoms in total. The van der Waals surface area contributed by atoms with E-state index in [1.54, 1.807) is 0 Å². The Morgan fingerprint density at radius 1 is 1.19 bits per heavy atom. The molecule has 0 fully saturated rings. The van der Waals surface area contributed by atoms with Crippen molar-refractivity contribution in [2.75, 3.05) is 12.3 Å². The van der Waals surface area contributed by atoms with E-state index in [2.05, 4.69) is 74.4 Å². The lowest BCUT2D eigenvalue weighted by atomic mass is 9.87. The highest BCUT2D eigenvalue weighted by atomic mass is 32.2. The Bertz CT molecular complexity index is 729. The van der Waals surface area contributed by atoms with E-state index in [0.717, 1.165) is 29.5 Å². The summed E-state index contributed by atoms with van der Waals surface area (Å²) in [7, 11) is 1.94. The van der Waals surface area contributed by atoms with Crippen LogP contribution in [0.25, 0.3) is 11.4 Å². The van der Waals surface area contributed by atoms with E-state index in [1.807, 2.05) is 11.6 Å². The molecule has 2 aromatic rings. The Morgan fingerprint density at radius 3 is 2.42 bits per heavy atom. The van der Waals surface area contributed by atoms with Crippen LogP contribution < -0.4 is 5.32 Å². The second-order valence-electron chi connectivity index (χ2n) is 8.01. The highest BCUT2D eigenvalue weighted by Crippen LogP contribution is 2.26. The van der Waals surface area contributed by atoms with E-state index >= 15 is 0 Å². The van der Waals surface area contributed by atoms with Crippen molar-refractivity contribution in [3.05, 3.63) is 29.8 Å². The van der Waals surface area contributed by atoms with Gasteiger partial charge in [-0.25, -0.2) is 0 Å². The highest BCUT2D eigenvalue weighted by Gasteiger charge is 2.16. The van der Waals surface area contributed by atoms with E-state index in [4.69, 9.17) is 0 Å². The van der Waals surface area contributed by atoms with Gasteiger partial charge in [0.2, 0.25) is 5.91 Å². The SMILES string of the molecule is CC(C)CCNC(=O)CSc1nnc(-c2ccc(C(C)(C)C)cc2)n1C. The van der Waals surface area contributed by atoms with Crippen molar-refractivity contribution < 1.29 is 4.79 Å². The van der Waals surface area contributed by atoms with E-state index in [9.17, 15) is 4.79 Å². The first-order valence-corrected chi connectivity index (χ1v) is 10.1. The Kier molecular flexibility index (Phi) is 6.87. The summed E-state index contributed by atoms with van der Waals surface area (Å²) < 4.78 is 1.94. The molecule has 1 aromatic heterocycles. The van der Waals surface area contributed by atoms with E-state index in [1.165, 1.54) is 17.3 Å². The van der Waals surface area contributed by atoms with Gasteiger partial charge in [0.15, 0.2) is 11.0 Å². The zero-order chi connectivity index (χ0) is 19.3. The fourth-order valence-electron chi connectivity index (χ4n) is 2.49. The number of hydrogen-bond acceptors (Lipinski definition) is 4. The van der Waals surface area contributed by atoms with Crippen molar-refractivity contribution in [3.63, 3.8) is 0 Å². The molecule has 0 bridgehead atoms. The second kappa shape index (κ2) is 8.71. The quantitative estimate of drug-likeness (QED) is 0.743. The van der Waals surface area contributed by atoms with Gasteiger partial charge in [0.05, 0.1) is 5.75 Å². The molecule has 1 amide bonds. The number of amides is 1. The van der Waals surface area contributed by atoms with Crippen LogP contribution in [0.5, 0.6) is 0 Å². The smallest absolute Gasteiger partial charge is 0.230 e. The molecule has 1 heterocycles. The number of rotatable bonds is 7. The van der Waals surface area contributed by atoms with Gasteiger partial charge in [-0.2, -0.15) is 0 Å². The lowest BCUT2D eigenvalue weighted by Gasteiger charge is -2.19. The molecule has 0 radical (unpaired) electrons. The summed E-state index contributed by atoms with van der Waals surface area (Å²) >= 11 is 1.41. The van der Waals surface area contributed by atoms with Crippen LogP contribution in [0.15, 0.2) is 29.4 Å². The summed E-state index contributed by atoms with van der Waals surface area (Å²) in [5.41, 5.74) is 2.44. The van der Waals surface area contributed by atoms with Crippen LogP contribution in [-0.4, -0.2) is 33.0 Å². The van der Waals surface area contributed by atoms with Gasteiger partial charge in [0.1, 0.15) is 0 Å². The van der Waals surface area contributed by atoms with E-state index < -0.39 is 0 Å². The monoisotopic (exact) mass is 374 g/mol. The average Bonchev–Trinajstić information content (AvgIpc) is 2.93. The topological polar surface area (TPSA) is 59.8 Å². The first kappa shape index (κ1) is 20.5. The van der Waals surface area contributed by atoms with Crippen LogP contribution >= 0.6 is 11.8 Å². The lowest BCUT2D eigenvalue weighted by Crippen LogP contribution is -2.27. The maximum absolute atomic E-state index is 11.9. The Morgan fingerprint density at radius 2 is 1.85 bits per heavy atom. The minimum absolute atomic E-state index is 0.0368. The first-order chi connectivity index (χ1) is 12.2. The molecule has 0 atom stereocenters. The maximum Gasteiger partial charge on any atom is 0.230 e. The number of benzene rings is 1. The zero-order valence-electron chi connectivity index (χ0n) is 16.7. The number of carbonyl (C=O) groups excluding carboxylic acids is 1. The van der Waals surface area contributed by atoms with Crippen LogP contribution in [0.1, 0.15) is 46.6 Å². The fraction of sp³-hybridized carbons (Fsp3) is 0.550. The van der Waals surface area contributed by atoms with Gasteiger partial charge in [-0.15, -0.1) is 10.2 Å². The van der Waals surface area contributed by atoms with Crippen molar-refractivity contribution in [1.29, 1.82) is 0 Å². The molecule has 2 rings (SSSR count). The molecule has 0 aliphatic carbocycles. The van der Waals surface area contributed by atoms with Crippen molar-refractivity contribution in [2.45, 2.75) is 51.6 Å². The average molecular weight is 375 g/mol. The summed E-state index contributed by atoms with van der Waals surface area (Å²) in [6, 6.07) is 8.44. The molecule has 0 aliphatic heterocycles. The lowest BCUT2D eigenvalue weighted by molar-refractivity contribution is -0.118. The van der Waals surface area contributed by atoms with Gasteiger partial charge < -0.3 is 9.88 Å². The predicted octanol–water partition coefficient (Wildman–Crippen LogP) is 4.03. The summed E-state index contributed by atoms with van der Waals surface area (Å²) in [5, 5.41) is 12.2. The molecule has 1 N–H and O–H groups in total. The maximum atomic E-state index is 11.9. The van der Waals surface area contributed by atoms with Crippen LogP contribution in [0.4, 0.5) is 0 Å². The minimum atomic E-state index is 0.0368. The van der Waals surface area contributed by atoms with Crippen molar-refractivity contribution in [3.8, 4) is 11.4 Å². The molecule has 0 spiro atoms. The minimum Gasteiger partial charge on any atom is -0.355 e.